The van der Waals surface area contributed by atoms with E-state index >= 15 is 0 Å². The number of hydrogen-bond acceptors (Lipinski definition) is 5. The second-order valence-electron chi connectivity index (χ2n) is 8.01. The molecule has 0 aromatic heterocycles. The lowest BCUT2D eigenvalue weighted by atomic mass is 9.81. The molecule has 11 heteroatoms. The number of fused-ring (bicyclic) bond motifs is 5. The summed E-state index contributed by atoms with van der Waals surface area (Å²) in [6.45, 7) is 0.906. The summed E-state index contributed by atoms with van der Waals surface area (Å²) in [7, 11) is 0. The summed E-state index contributed by atoms with van der Waals surface area (Å²) in [4.78, 5) is 51.9. The fraction of sp³-hybridized carbons (Fsp3) is 0.500. The number of alkyl halides is 2. The van der Waals surface area contributed by atoms with Crippen LogP contribution in [0.1, 0.15) is 13.3 Å². The summed E-state index contributed by atoms with van der Waals surface area (Å²) in [5.74, 6) is -2.71. The van der Waals surface area contributed by atoms with Gasteiger partial charge in [0.25, 0.3) is 5.91 Å². The van der Waals surface area contributed by atoms with Gasteiger partial charge in [-0.2, -0.15) is 0 Å². The van der Waals surface area contributed by atoms with Crippen LogP contribution >= 0.6 is 59.4 Å². The van der Waals surface area contributed by atoms with Gasteiger partial charge in [-0.3, -0.25) is 19.3 Å². The van der Waals surface area contributed by atoms with E-state index in [2.05, 4.69) is 53.1 Å². The van der Waals surface area contributed by atoms with E-state index in [0.29, 0.717) is 15.2 Å². The number of halogens is 4. The number of hydrogen-bond donors (Lipinski definition) is 1. The molecule has 31 heavy (non-hydrogen) atoms. The first kappa shape index (κ1) is 23.2. The lowest BCUT2D eigenvalue weighted by molar-refractivity contribution is -0.159. The molecule has 2 saturated carbocycles. The SMILES string of the molecule is C[C@H](C(=O)OCC(=O)Nc1ccc(Br)c(Cl)c1)N1C(=O)[C@@H]2[C@H]3C[C@@H]([C@@H](Br)[C@H]3Br)[C@H]2C1=O. The molecule has 1 aliphatic heterocycles. The number of ether oxygens (including phenoxy) is 1. The van der Waals surface area contributed by atoms with Crippen molar-refractivity contribution in [2.45, 2.75) is 29.0 Å². The second-order valence-corrected chi connectivity index (χ2v) is 11.4. The lowest BCUT2D eigenvalue weighted by Gasteiger charge is -2.28. The third kappa shape index (κ3) is 3.98. The van der Waals surface area contributed by atoms with Gasteiger partial charge in [0.2, 0.25) is 11.8 Å². The monoisotopic (exact) mass is 638 g/mol. The maximum absolute atomic E-state index is 13.0. The Bertz CT molecular complexity index is 944. The van der Waals surface area contributed by atoms with Gasteiger partial charge in [0, 0.05) is 19.8 Å². The van der Waals surface area contributed by atoms with Gasteiger partial charge in [-0.1, -0.05) is 43.5 Å². The Morgan fingerprint density at radius 2 is 1.77 bits per heavy atom. The summed E-state index contributed by atoms with van der Waals surface area (Å²) in [5.41, 5.74) is 0.448. The Balaban J connectivity index is 1.36. The maximum Gasteiger partial charge on any atom is 0.329 e. The molecule has 7 atom stereocenters. The van der Waals surface area contributed by atoms with Gasteiger partial charge in [-0.15, -0.1) is 0 Å². The molecule has 1 aromatic carbocycles. The number of nitrogens with one attached hydrogen (secondary N) is 1. The molecule has 2 bridgehead atoms. The van der Waals surface area contributed by atoms with Crippen molar-refractivity contribution in [2.24, 2.45) is 23.7 Å². The van der Waals surface area contributed by atoms with Crippen molar-refractivity contribution in [3.05, 3.63) is 27.7 Å². The second kappa shape index (κ2) is 8.76. The lowest BCUT2D eigenvalue weighted by Crippen LogP contribution is -2.45. The molecule has 1 heterocycles. The van der Waals surface area contributed by atoms with Crippen LogP contribution in [0.5, 0.6) is 0 Å². The highest BCUT2D eigenvalue weighted by molar-refractivity contribution is 9.12. The fourth-order valence-corrected chi connectivity index (χ4v) is 7.19. The van der Waals surface area contributed by atoms with Crippen LogP contribution < -0.4 is 5.32 Å². The molecule has 4 rings (SSSR count). The molecule has 0 spiro atoms. The Morgan fingerprint density at radius 1 is 1.19 bits per heavy atom. The third-order valence-electron chi connectivity index (χ3n) is 6.30. The molecular formula is C20H18Br3ClN2O5. The van der Waals surface area contributed by atoms with Gasteiger partial charge in [0.1, 0.15) is 6.04 Å². The van der Waals surface area contributed by atoms with Crippen LogP contribution in [0.2, 0.25) is 5.02 Å². The molecule has 3 aliphatic rings. The zero-order valence-electron chi connectivity index (χ0n) is 16.2. The molecule has 0 unspecified atom stereocenters. The summed E-state index contributed by atoms with van der Waals surface area (Å²) in [6, 6.07) is 3.77. The van der Waals surface area contributed by atoms with E-state index in [0.717, 1.165) is 11.3 Å². The van der Waals surface area contributed by atoms with Crippen LogP contribution in [0.3, 0.4) is 0 Å². The van der Waals surface area contributed by atoms with Gasteiger partial charge >= 0.3 is 5.97 Å². The van der Waals surface area contributed by atoms with Crippen LogP contribution in [0.15, 0.2) is 22.7 Å². The Hall–Kier alpha value is -0.970. The van der Waals surface area contributed by atoms with Crippen LogP contribution in [-0.2, 0) is 23.9 Å². The number of likely N-dealkylation sites (tertiary alicyclic amines) is 1. The minimum absolute atomic E-state index is 0.0626. The first-order valence-corrected chi connectivity index (χ1v) is 12.7. The molecule has 3 amide bonds. The number of anilines is 1. The van der Waals surface area contributed by atoms with Crippen molar-refractivity contribution < 1.29 is 23.9 Å². The van der Waals surface area contributed by atoms with Crippen molar-refractivity contribution in [3.8, 4) is 0 Å². The van der Waals surface area contributed by atoms with Gasteiger partial charge in [-0.25, -0.2) is 4.79 Å². The van der Waals surface area contributed by atoms with E-state index in [9.17, 15) is 19.2 Å². The Labute approximate surface area is 208 Å². The quantitative estimate of drug-likeness (QED) is 0.301. The van der Waals surface area contributed by atoms with Crippen molar-refractivity contribution >= 4 is 88.8 Å². The van der Waals surface area contributed by atoms with Crippen LogP contribution in [0.4, 0.5) is 5.69 Å². The topological polar surface area (TPSA) is 92.8 Å². The summed E-state index contributed by atoms with van der Waals surface area (Å²) < 4.78 is 5.76. The van der Waals surface area contributed by atoms with Gasteiger partial charge in [-0.05, 0) is 59.3 Å². The minimum Gasteiger partial charge on any atom is -0.454 e. The highest BCUT2D eigenvalue weighted by Crippen LogP contribution is 2.60. The predicted molar refractivity (Wildman–Crippen MR) is 124 cm³/mol. The first-order chi connectivity index (χ1) is 14.6. The van der Waals surface area contributed by atoms with Crippen LogP contribution in [0.25, 0.3) is 0 Å². The number of nitrogens with zero attached hydrogens (tertiary/aromatic N) is 1. The molecule has 0 radical (unpaired) electrons. The maximum atomic E-state index is 13.0. The summed E-state index contributed by atoms with van der Waals surface area (Å²) >= 11 is 16.5. The zero-order valence-corrected chi connectivity index (χ0v) is 21.7. The molecule has 1 saturated heterocycles. The summed E-state index contributed by atoms with van der Waals surface area (Å²) in [5, 5.41) is 3.00. The van der Waals surface area contributed by atoms with E-state index in [4.69, 9.17) is 16.3 Å². The molecular weight excluding hydrogens is 623 g/mol. The first-order valence-electron chi connectivity index (χ1n) is 9.68. The van der Waals surface area contributed by atoms with E-state index in [1.165, 1.54) is 6.92 Å². The van der Waals surface area contributed by atoms with E-state index in [1.807, 2.05) is 0 Å². The van der Waals surface area contributed by atoms with Crippen molar-refractivity contribution in [1.82, 2.24) is 4.90 Å². The minimum atomic E-state index is -1.09. The Kier molecular flexibility index (Phi) is 6.55. The highest BCUT2D eigenvalue weighted by atomic mass is 79.9. The highest BCUT2D eigenvalue weighted by Gasteiger charge is 2.67. The molecule has 1 N–H and O–H groups in total. The van der Waals surface area contributed by atoms with Gasteiger partial charge < -0.3 is 10.1 Å². The summed E-state index contributed by atoms with van der Waals surface area (Å²) in [6.07, 6.45) is 0.811. The largest absolute Gasteiger partial charge is 0.454 e. The normalized spacial score (nSPS) is 32.2. The molecule has 1 aromatic rings. The molecule has 7 nitrogen and oxygen atoms in total. The van der Waals surface area contributed by atoms with Gasteiger partial charge in [0.05, 0.1) is 16.9 Å². The van der Waals surface area contributed by atoms with Gasteiger partial charge in [0.15, 0.2) is 6.61 Å². The molecule has 166 valence electrons. The molecule has 2 aliphatic carbocycles. The van der Waals surface area contributed by atoms with Crippen molar-refractivity contribution in [1.29, 1.82) is 0 Å². The van der Waals surface area contributed by atoms with E-state index in [-0.39, 0.29) is 33.3 Å². The van der Waals surface area contributed by atoms with Crippen molar-refractivity contribution in [3.63, 3.8) is 0 Å². The standard InChI is InChI=1S/C20H18Br3ClN2O5/c1-7(20(30)31-6-13(27)25-8-2-3-11(21)12(24)4-8)26-18(28)14-9-5-10(15(14)19(26)29)17(23)16(9)22/h2-4,7,9-10,14-17H,5-6H2,1H3,(H,25,27)/t7-,9-,10-,14-,15-,16-,17+/m1/s1. The number of carbonyl (C=O) groups is 4. The molecule has 3 fully saturated rings. The number of rotatable bonds is 5. The number of esters is 1. The number of amides is 3. The average Bonchev–Trinajstić information content (AvgIpc) is 3.33. The third-order valence-corrected chi connectivity index (χ3v) is 10.7. The number of imide groups is 1. The van der Waals surface area contributed by atoms with Crippen LogP contribution in [0, 0.1) is 23.7 Å². The number of carbonyl (C=O) groups excluding carboxylic acids is 4. The fourth-order valence-electron chi connectivity index (χ4n) is 4.89. The smallest absolute Gasteiger partial charge is 0.329 e. The van der Waals surface area contributed by atoms with E-state index in [1.54, 1.807) is 18.2 Å². The number of benzene rings is 1. The zero-order chi connectivity index (χ0) is 22.6. The van der Waals surface area contributed by atoms with Crippen molar-refractivity contribution in [2.75, 3.05) is 11.9 Å². The predicted octanol–water partition coefficient (Wildman–Crippen LogP) is 3.75. The van der Waals surface area contributed by atoms with E-state index < -0.39 is 36.4 Å². The average molecular weight is 642 g/mol. The van der Waals surface area contributed by atoms with Crippen LogP contribution in [-0.4, -0.2) is 50.9 Å². The Morgan fingerprint density at radius 3 is 2.32 bits per heavy atom.